The summed E-state index contributed by atoms with van der Waals surface area (Å²) in [7, 11) is -1.15. The van der Waals surface area contributed by atoms with Crippen LogP contribution >= 0.6 is 0 Å². The number of nitrogens with one attached hydrogen (secondary N) is 1. The molecule has 0 aliphatic rings. The van der Waals surface area contributed by atoms with Gasteiger partial charge in [-0.1, -0.05) is 42.5 Å². The summed E-state index contributed by atoms with van der Waals surface area (Å²) in [5, 5.41) is 4.17. The summed E-state index contributed by atoms with van der Waals surface area (Å²) < 4.78 is 41.3. The maximum atomic E-state index is 13.7. The van der Waals surface area contributed by atoms with Gasteiger partial charge in [-0.15, -0.1) is 0 Å². The number of carbonyl (C=O) groups excluding carboxylic acids is 1. The standard InChI is InChI=1S/C33H38N4O5S/c1-23-12-13-24(2)30(18-23)37-25(3)19-28(26(37)4)21-34-35-33(38)22-36(17-16-27-10-8-7-9-11-27)43(39,40)29-14-15-31(41-5)32(20-29)42-6/h7-15,18-21H,16-17,22H2,1-6H3,(H,35,38)/b34-21+. The summed E-state index contributed by atoms with van der Waals surface area (Å²) in [4.78, 5) is 13.0. The van der Waals surface area contributed by atoms with Crippen molar-refractivity contribution in [3.05, 3.63) is 106 Å². The van der Waals surface area contributed by atoms with Crippen LogP contribution in [-0.2, 0) is 21.2 Å². The zero-order chi connectivity index (χ0) is 31.1. The first kappa shape index (κ1) is 31.5. The molecule has 0 aliphatic heterocycles. The van der Waals surface area contributed by atoms with Crippen molar-refractivity contribution in [2.75, 3.05) is 27.3 Å². The summed E-state index contributed by atoms with van der Waals surface area (Å²) in [5.41, 5.74) is 9.72. The van der Waals surface area contributed by atoms with Gasteiger partial charge in [-0.2, -0.15) is 9.41 Å². The Morgan fingerprint density at radius 3 is 2.35 bits per heavy atom. The van der Waals surface area contributed by atoms with Gasteiger partial charge < -0.3 is 14.0 Å². The summed E-state index contributed by atoms with van der Waals surface area (Å²) in [6.07, 6.45) is 2.01. The van der Waals surface area contributed by atoms with Crippen LogP contribution in [-0.4, -0.2) is 56.7 Å². The minimum absolute atomic E-state index is 0.00612. The number of hydrogen-bond acceptors (Lipinski definition) is 6. The number of benzene rings is 3. The highest BCUT2D eigenvalue weighted by Gasteiger charge is 2.28. The van der Waals surface area contributed by atoms with Crippen LogP contribution in [0.4, 0.5) is 0 Å². The molecule has 0 saturated heterocycles. The molecule has 0 radical (unpaired) electrons. The van der Waals surface area contributed by atoms with E-state index in [-0.39, 0.29) is 17.2 Å². The lowest BCUT2D eigenvalue weighted by Crippen LogP contribution is -2.40. The number of methoxy groups -OCH3 is 2. The van der Waals surface area contributed by atoms with Crippen LogP contribution in [0, 0.1) is 27.7 Å². The number of aryl methyl sites for hydroxylation is 3. The first-order valence-corrected chi connectivity index (χ1v) is 15.3. The summed E-state index contributed by atoms with van der Waals surface area (Å²) >= 11 is 0. The largest absolute Gasteiger partial charge is 0.493 e. The van der Waals surface area contributed by atoms with E-state index in [1.165, 1.54) is 32.4 Å². The third-order valence-electron chi connectivity index (χ3n) is 7.27. The Morgan fingerprint density at radius 1 is 0.930 bits per heavy atom. The predicted molar refractivity (Wildman–Crippen MR) is 169 cm³/mol. The van der Waals surface area contributed by atoms with Crippen LogP contribution < -0.4 is 14.9 Å². The Bertz CT molecular complexity index is 1730. The highest BCUT2D eigenvalue weighted by atomic mass is 32.2. The summed E-state index contributed by atoms with van der Waals surface area (Å²) in [6.45, 7) is 7.83. The quantitative estimate of drug-likeness (QED) is 0.179. The Balaban J connectivity index is 1.54. The summed E-state index contributed by atoms with van der Waals surface area (Å²) in [6, 6.07) is 22.2. The molecule has 9 nitrogen and oxygen atoms in total. The number of rotatable bonds is 12. The molecule has 1 amide bonds. The average Bonchev–Trinajstić information content (AvgIpc) is 3.28. The number of hydrogen-bond donors (Lipinski definition) is 1. The molecule has 0 unspecified atom stereocenters. The second-order valence-corrected chi connectivity index (χ2v) is 12.3. The van der Waals surface area contributed by atoms with Gasteiger partial charge in [0.1, 0.15) is 0 Å². The Kier molecular flexibility index (Phi) is 10.1. The van der Waals surface area contributed by atoms with Gasteiger partial charge in [0.05, 0.1) is 31.9 Å². The van der Waals surface area contributed by atoms with Crippen molar-refractivity contribution in [3.8, 4) is 17.2 Å². The lowest BCUT2D eigenvalue weighted by atomic mass is 10.1. The third kappa shape index (κ3) is 7.33. The van der Waals surface area contributed by atoms with Crippen LogP contribution in [0.1, 0.15) is 33.6 Å². The smallest absolute Gasteiger partial charge is 0.255 e. The van der Waals surface area contributed by atoms with Crippen LogP contribution in [0.15, 0.2) is 82.8 Å². The Hall–Kier alpha value is -4.41. The van der Waals surface area contributed by atoms with Gasteiger partial charge >= 0.3 is 0 Å². The highest BCUT2D eigenvalue weighted by molar-refractivity contribution is 7.89. The zero-order valence-corrected chi connectivity index (χ0v) is 26.2. The SMILES string of the molecule is COc1ccc(S(=O)(=O)N(CCc2ccccc2)CC(=O)N/N=C/c2cc(C)n(-c3cc(C)ccc3C)c2C)cc1OC. The second kappa shape index (κ2) is 13.7. The van der Waals surface area contributed by atoms with Crippen LogP contribution in [0.5, 0.6) is 11.5 Å². The molecular weight excluding hydrogens is 564 g/mol. The fourth-order valence-electron chi connectivity index (χ4n) is 4.93. The molecule has 0 aliphatic carbocycles. The van der Waals surface area contributed by atoms with Crippen molar-refractivity contribution in [2.24, 2.45) is 5.10 Å². The minimum Gasteiger partial charge on any atom is -0.493 e. The molecule has 3 aromatic carbocycles. The van der Waals surface area contributed by atoms with E-state index in [2.05, 4.69) is 47.1 Å². The lowest BCUT2D eigenvalue weighted by Gasteiger charge is -2.22. The van der Waals surface area contributed by atoms with Crippen LogP contribution in [0.2, 0.25) is 0 Å². The van der Waals surface area contributed by atoms with Crippen molar-refractivity contribution < 1.29 is 22.7 Å². The Morgan fingerprint density at radius 2 is 1.65 bits per heavy atom. The van der Waals surface area contributed by atoms with Gasteiger partial charge in [-0.05, 0) is 75.1 Å². The van der Waals surface area contributed by atoms with E-state index in [0.717, 1.165) is 43.6 Å². The molecule has 226 valence electrons. The van der Waals surface area contributed by atoms with Gasteiger partial charge in [-0.3, -0.25) is 4.79 Å². The molecule has 43 heavy (non-hydrogen) atoms. The fourth-order valence-corrected chi connectivity index (χ4v) is 6.34. The molecular formula is C33H38N4O5S. The predicted octanol–water partition coefficient (Wildman–Crippen LogP) is 5.11. The fraction of sp³-hybridized carbons (Fsp3) is 0.273. The number of carbonyl (C=O) groups is 1. The van der Waals surface area contributed by atoms with Crippen molar-refractivity contribution in [1.29, 1.82) is 0 Å². The van der Waals surface area contributed by atoms with Crippen LogP contribution in [0.25, 0.3) is 5.69 Å². The van der Waals surface area contributed by atoms with Gasteiger partial charge in [0, 0.05) is 35.2 Å². The van der Waals surface area contributed by atoms with Gasteiger partial charge in [0.2, 0.25) is 10.0 Å². The monoisotopic (exact) mass is 602 g/mol. The van der Waals surface area contributed by atoms with Gasteiger partial charge in [0.15, 0.2) is 11.5 Å². The molecule has 0 spiro atoms. The van der Waals surface area contributed by atoms with E-state index in [1.807, 2.05) is 50.2 Å². The highest BCUT2D eigenvalue weighted by Crippen LogP contribution is 2.31. The third-order valence-corrected chi connectivity index (χ3v) is 9.12. The van der Waals surface area contributed by atoms with Crippen LogP contribution in [0.3, 0.4) is 0 Å². The van der Waals surface area contributed by atoms with Gasteiger partial charge in [0.25, 0.3) is 5.91 Å². The molecule has 1 heterocycles. The maximum absolute atomic E-state index is 13.7. The Labute approximate surface area is 253 Å². The van der Waals surface area contributed by atoms with E-state index in [4.69, 9.17) is 9.47 Å². The molecule has 1 N–H and O–H groups in total. The van der Waals surface area contributed by atoms with Crippen molar-refractivity contribution in [3.63, 3.8) is 0 Å². The molecule has 0 bridgehead atoms. The summed E-state index contributed by atoms with van der Waals surface area (Å²) in [5.74, 6) is 0.122. The molecule has 4 aromatic rings. The van der Waals surface area contributed by atoms with E-state index < -0.39 is 22.5 Å². The van der Waals surface area contributed by atoms with E-state index in [9.17, 15) is 13.2 Å². The molecule has 0 atom stereocenters. The molecule has 10 heteroatoms. The maximum Gasteiger partial charge on any atom is 0.255 e. The van der Waals surface area contributed by atoms with E-state index in [0.29, 0.717) is 12.2 Å². The topological polar surface area (TPSA) is 102 Å². The van der Waals surface area contributed by atoms with Crippen molar-refractivity contribution in [2.45, 2.75) is 39.0 Å². The second-order valence-electron chi connectivity index (χ2n) is 10.3. The number of nitrogens with zero attached hydrogens (tertiary/aromatic N) is 3. The number of hydrazone groups is 1. The number of ether oxygens (including phenoxy) is 2. The minimum atomic E-state index is -4.07. The van der Waals surface area contributed by atoms with E-state index in [1.54, 1.807) is 6.21 Å². The van der Waals surface area contributed by atoms with Gasteiger partial charge in [-0.25, -0.2) is 13.8 Å². The number of amides is 1. The molecule has 0 fully saturated rings. The molecule has 0 saturated carbocycles. The first-order chi connectivity index (χ1) is 20.5. The zero-order valence-electron chi connectivity index (χ0n) is 25.4. The van der Waals surface area contributed by atoms with Crippen molar-refractivity contribution >= 4 is 22.1 Å². The first-order valence-electron chi connectivity index (χ1n) is 13.9. The lowest BCUT2D eigenvalue weighted by molar-refractivity contribution is -0.121. The number of sulfonamides is 1. The molecule has 1 aromatic heterocycles. The molecule has 4 rings (SSSR count). The van der Waals surface area contributed by atoms with Crippen molar-refractivity contribution in [1.82, 2.24) is 14.3 Å². The van der Waals surface area contributed by atoms with E-state index >= 15 is 0 Å². The average molecular weight is 603 g/mol. The number of aromatic nitrogens is 1. The normalized spacial score (nSPS) is 11.7.